The highest BCUT2D eigenvalue weighted by Gasteiger charge is 2.18. The lowest BCUT2D eigenvalue weighted by Crippen LogP contribution is -2.47. The third kappa shape index (κ3) is 6.06. The molecular formula is C20H25Cl2N5O. The highest BCUT2D eigenvalue weighted by Crippen LogP contribution is 2.26. The maximum absolute atomic E-state index is 12.0. The Kier molecular flexibility index (Phi) is 7.89. The summed E-state index contributed by atoms with van der Waals surface area (Å²) in [6.45, 7) is 5.49. The fourth-order valence-corrected chi connectivity index (χ4v) is 3.65. The second-order valence-electron chi connectivity index (χ2n) is 6.79. The molecular weight excluding hydrogens is 397 g/mol. The number of benzene rings is 1. The number of piperazine rings is 1. The maximum Gasteiger partial charge on any atom is 0.225 e. The maximum atomic E-state index is 12.0. The van der Waals surface area contributed by atoms with Crippen LogP contribution in [-0.4, -0.2) is 60.0 Å². The lowest BCUT2D eigenvalue weighted by atomic mass is 10.1. The van der Waals surface area contributed by atoms with Gasteiger partial charge in [-0.1, -0.05) is 35.3 Å². The molecule has 8 heteroatoms. The van der Waals surface area contributed by atoms with Gasteiger partial charge >= 0.3 is 0 Å². The Morgan fingerprint density at radius 2 is 1.82 bits per heavy atom. The van der Waals surface area contributed by atoms with E-state index < -0.39 is 0 Å². The van der Waals surface area contributed by atoms with Crippen molar-refractivity contribution in [1.82, 2.24) is 20.2 Å². The monoisotopic (exact) mass is 421 g/mol. The van der Waals surface area contributed by atoms with Gasteiger partial charge in [-0.25, -0.2) is 9.97 Å². The number of rotatable bonds is 8. The van der Waals surface area contributed by atoms with Gasteiger partial charge in [-0.15, -0.1) is 0 Å². The first-order valence-electron chi connectivity index (χ1n) is 9.57. The minimum atomic E-state index is 0.0436. The first kappa shape index (κ1) is 20.8. The third-order valence-corrected chi connectivity index (χ3v) is 5.69. The summed E-state index contributed by atoms with van der Waals surface area (Å²) in [5.41, 5.74) is 0.907. The largest absolute Gasteiger partial charge is 0.356 e. The number of halogens is 2. The summed E-state index contributed by atoms with van der Waals surface area (Å²) in [6.07, 6.45) is 5.49. The van der Waals surface area contributed by atoms with Crippen LogP contribution >= 0.6 is 23.2 Å². The van der Waals surface area contributed by atoms with Crippen molar-refractivity contribution < 1.29 is 4.79 Å². The molecule has 2 heterocycles. The summed E-state index contributed by atoms with van der Waals surface area (Å²) in [5, 5.41) is 4.05. The van der Waals surface area contributed by atoms with E-state index in [1.54, 1.807) is 18.5 Å². The molecule has 0 atom stereocenters. The number of hydrogen-bond acceptors (Lipinski definition) is 5. The van der Waals surface area contributed by atoms with E-state index in [4.69, 9.17) is 23.2 Å². The highest BCUT2D eigenvalue weighted by atomic mass is 35.5. The summed E-state index contributed by atoms with van der Waals surface area (Å²) in [7, 11) is 0. The number of hydrogen-bond donors (Lipinski definition) is 1. The van der Waals surface area contributed by atoms with Crippen LogP contribution in [0.2, 0.25) is 10.0 Å². The Morgan fingerprint density at radius 1 is 1.07 bits per heavy atom. The number of aromatic nitrogens is 2. The predicted octanol–water partition coefficient (Wildman–Crippen LogP) is 3.04. The highest BCUT2D eigenvalue weighted by molar-refractivity contribution is 6.42. The molecule has 1 aliphatic heterocycles. The smallest absolute Gasteiger partial charge is 0.225 e. The minimum absolute atomic E-state index is 0.0436. The number of amides is 1. The normalized spacial score (nSPS) is 14.9. The van der Waals surface area contributed by atoms with Gasteiger partial charge in [0.15, 0.2) is 0 Å². The Hall–Kier alpha value is -1.89. The van der Waals surface area contributed by atoms with Crippen LogP contribution in [0.3, 0.4) is 0 Å². The Bertz CT molecular complexity index is 766. The topological polar surface area (TPSA) is 61.4 Å². The standard InChI is InChI=1S/C20H25Cl2N5O/c21-17-5-1-4-16(19(17)22)6-7-18(28)23-10-3-11-26-12-14-27(15-13-26)20-24-8-2-9-25-20/h1-2,4-5,8-9H,3,6-7,10-15H2,(H,23,28). The number of nitrogens with one attached hydrogen (secondary N) is 1. The zero-order valence-corrected chi connectivity index (χ0v) is 17.3. The predicted molar refractivity (Wildman–Crippen MR) is 113 cm³/mol. The molecule has 0 spiro atoms. The van der Waals surface area contributed by atoms with Crippen molar-refractivity contribution in [3.8, 4) is 0 Å². The van der Waals surface area contributed by atoms with Crippen LogP contribution < -0.4 is 10.2 Å². The van der Waals surface area contributed by atoms with Crippen molar-refractivity contribution in [3.05, 3.63) is 52.3 Å². The van der Waals surface area contributed by atoms with Crippen molar-refractivity contribution in [1.29, 1.82) is 0 Å². The van der Waals surface area contributed by atoms with Gasteiger partial charge in [0, 0.05) is 51.5 Å². The number of nitrogens with zero attached hydrogens (tertiary/aromatic N) is 4. The van der Waals surface area contributed by atoms with Gasteiger partial charge in [0.05, 0.1) is 10.0 Å². The molecule has 0 bridgehead atoms. The van der Waals surface area contributed by atoms with E-state index in [1.807, 2.05) is 18.2 Å². The molecule has 2 aromatic rings. The Labute approximate surface area is 175 Å². The average Bonchev–Trinajstić information content (AvgIpc) is 2.73. The Morgan fingerprint density at radius 3 is 2.57 bits per heavy atom. The lowest BCUT2D eigenvalue weighted by molar-refractivity contribution is -0.121. The van der Waals surface area contributed by atoms with Gasteiger partial charge in [0.2, 0.25) is 11.9 Å². The molecule has 1 N–H and O–H groups in total. The fraction of sp³-hybridized carbons (Fsp3) is 0.450. The fourth-order valence-electron chi connectivity index (χ4n) is 3.23. The summed E-state index contributed by atoms with van der Waals surface area (Å²) in [4.78, 5) is 25.3. The molecule has 28 heavy (non-hydrogen) atoms. The van der Waals surface area contributed by atoms with Crippen LogP contribution in [0.25, 0.3) is 0 Å². The van der Waals surface area contributed by atoms with Crippen LogP contribution in [0.1, 0.15) is 18.4 Å². The van der Waals surface area contributed by atoms with Crippen LogP contribution in [0.15, 0.2) is 36.7 Å². The molecule has 1 fully saturated rings. The van der Waals surface area contributed by atoms with Crippen molar-refractivity contribution >= 4 is 35.1 Å². The van der Waals surface area contributed by atoms with Crippen LogP contribution in [0.4, 0.5) is 5.95 Å². The summed E-state index contributed by atoms with van der Waals surface area (Å²) < 4.78 is 0. The molecule has 0 aliphatic carbocycles. The zero-order valence-electron chi connectivity index (χ0n) is 15.8. The van der Waals surface area contributed by atoms with Gasteiger partial charge in [-0.05, 0) is 37.1 Å². The van der Waals surface area contributed by atoms with E-state index in [0.29, 0.717) is 29.4 Å². The lowest BCUT2D eigenvalue weighted by Gasteiger charge is -2.34. The van der Waals surface area contributed by atoms with Crippen molar-refractivity contribution in [2.24, 2.45) is 0 Å². The molecule has 0 unspecified atom stereocenters. The third-order valence-electron chi connectivity index (χ3n) is 4.83. The number of carbonyl (C=O) groups excluding carboxylic acids is 1. The van der Waals surface area contributed by atoms with Crippen molar-refractivity contribution in [3.63, 3.8) is 0 Å². The van der Waals surface area contributed by atoms with Crippen LogP contribution in [0.5, 0.6) is 0 Å². The van der Waals surface area contributed by atoms with E-state index in [9.17, 15) is 4.79 Å². The van der Waals surface area contributed by atoms with E-state index in [-0.39, 0.29) is 5.91 Å². The molecule has 1 amide bonds. The first-order chi connectivity index (χ1) is 13.6. The molecule has 6 nitrogen and oxygen atoms in total. The quantitative estimate of drug-likeness (QED) is 0.663. The van der Waals surface area contributed by atoms with Gasteiger partial charge in [0.25, 0.3) is 0 Å². The van der Waals surface area contributed by atoms with Gasteiger partial charge in [-0.2, -0.15) is 0 Å². The van der Waals surface area contributed by atoms with E-state index >= 15 is 0 Å². The molecule has 150 valence electrons. The molecule has 1 aromatic carbocycles. The van der Waals surface area contributed by atoms with E-state index in [0.717, 1.165) is 50.7 Å². The number of carbonyl (C=O) groups is 1. The number of anilines is 1. The average molecular weight is 422 g/mol. The molecule has 1 saturated heterocycles. The molecule has 1 aromatic heterocycles. The second-order valence-corrected chi connectivity index (χ2v) is 7.58. The molecule has 0 radical (unpaired) electrons. The summed E-state index contributed by atoms with van der Waals surface area (Å²) >= 11 is 12.2. The van der Waals surface area contributed by atoms with Crippen LogP contribution in [0, 0.1) is 0 Å². The minimum Gasteiger partial charge on any atom is -0.356 e. The van der Waals surface area contributed by atoms with Crippen molar-refractivity contribution in [2.45, 2.75) is 19.3 Å². The second kappa shape index (κ2) is 10.6. The Balaban J connectivity index is 1.29. The van der Waals surface area contributed by atoms with E-state index in [2.05, 4.69) is 25.1 Å². The molecule has 0 saturated carbocycles. The summed E-state index contributed by atoms with van der Waals surface area (Å²) in [5.74, 6) is 0.844. The zero-order chi connectivity index (χ0) is 19.8. The molecule has 3 rings (SSSR count). The number of aryl methyl sites for hydroxylation is 1. The first-order valence-corrected chi connectivity index (χ1v) is 10.3. The van der Waals surface area contributed by atoms with Gasteiger partial charge in [0.1, 0.15) is 0 Å². The van der Waals surface area contributed by atoms with Crippen LogP contribution in [-0.2, 0) is 11.2 Å². The molecule has 1 aliphatic rings. The summed E-state index contributed by atoms with van der Waals surface area (Å²) in [6, 6.07) is 7.34. The van der Waals surface area contributed by atoms with Gasteiger partial charge in [-0.3, -0.25) is 9.69 Å². The van der Waals surface area contributed by atoms with Crippen molar-refractivity contribution in [2.75, 3.05) is 44.2 Å². The SMILES string of the molecule is O=C(CCc1cccc(Cl)c1Cl)NCCCN1CCN(c2ncccn2)CC1. The van der Waals surface area contributed by atoms with Gasteiger partial charge < -0.3 is 10.2 Å². The van der Waals surface area contributed by atoms with E-state index in [1.165, 1.54) is 0 Å².